The molecule has 0 aromatic heterocycles. The first-order valence-corrected chi connectivity index (χ1v) is 3.91. The molecule has 0 aliphatic heterocycles. The van der Waals surface area contributed by atoms with Crippen LogP contribution in [-0.2, 0) is 4.79 Å². The molecule has 1 atom stereocenters. The molecule has 0 aliphatic rings. The van der Waals surface area contributed by atoms with Crippen LogP contribution in [0.5, 0.6) is 0 Å². The van der Waals surface area contributed by atoms with E-state index in [1.807, 2.05) is 13.8 Å². The molecule has 0 radical (unpaired) electrons. The molecule has 4 nitrogen and oxygen atoms in total. The van der Waals surface area contributed by atoms with Gasteiger partial charge in [0.25, 0.3) is 0 Å². The van der Waals surface area contributed by atoms with Crippen molar-refractivity contribution in [3.63, 3.8) is 0 Å². The summed E-state index contributed by atoms with van der Waals surface area (Å²) in [5, 5.41) is 2.77. The monoisotopic (exact) mass is 171 g/mol. The first-order chi connectivity index (χ1) is 5.45. The van der Waals surface area contributed by atoms with E-state index in [9.17, 15) is 4.79 Å². The van der Waals surface area contributed by atoms with Gasteiger partial charge in [0, 0.05) is 11.7 Å². The Balaban J connectivity index is 3.80. The zero-order valence-corrected chi connectivity index (χ0v) is 7.63. The van der Waals surface area contributed by atoms with E-state index in [-0.39, 0.29) is 12.6 Å². The third kappa shape index (κ3) is 3.98. The fourth-order valence-corrected chi connectivity index (χ4v) is 0.721. The van der Waals surface area contributed by atoms with Gasteiger partial charge in [0.2, 0.25) is 5.91 Å². The highest BCUT2D eigenvalue weighted by molar-refractivity contribution is 5.76. The second-order valence-electron chi connectivity index (χ2n) is 3.11. The minimum Gasteiger partial charge on any atom is -0.379 e. The van der Waals surface area contributed by atoms with E-state index >= 15 is 0 Å². The first-order valence-electron chi connectivity index (χ1n) is 3.91. The van der Waals surface area contributed by atoms with Crippen molar-refractivity contribution in [3.05, 3.63) is 12.3 Å². The van der Waals surface area contributed by atoms with Crippen LogP contribution in [0.4, 0.5) is 0 Å². The Morgan fingerprint density at radius 2 is 2.08 bits per heavy atom. The number of primary amides is 1. The van der Waals surface area contributed by atoms with Gasteiger partial charge in [0.1, 0.15) is 0 Å². The summed E-state index contributed by atoms with van der Waals surface area (Å²) in [4.78, 5) is 10.4. The highest BCUT2D eigenvalue weighted by Gasteiger charge is 2.10. The number of nitrogens with one attached hydrogen (secondary N) is 1. The van der Waals surface area contributed by atoms with Crippen LogP contribution in [0.2, 0.25) is 0 Å². The van der Waals surface area contributed by atoms with E-state index in [1.54, 1.807) is 0 Å². The summed E-state index contributed by atoms with van der Waals surface area (Å²) < 4.78 is 0. The largest absolute Gasteiger partial charge is 0.379 e. The molecule has 0 aromatic rings. The molecule has 1 amide bonds. The van der Waals surface area contributed by atoms with Crippen molar-refractivity contribution < 1.29 is 4.79 Å². The summed E-state index contributed by atoms with van der Waals surface area (Å²) in [7, 11) is 0. The van der Waals surface area contributed by atoms with Gasteiger partial charge in [-0.1, -0.05) is 20.4 Å². The molecule has 0 bridgehead atoms. The number of hydrogen-bond acceptors (Lipinski definition) is 3. The van der Waals surface area contributed by atoms with E-state index in [1.165, 1.54) is 0 Å². The minimum atomic E-state index is -0.410. The van der Waals surface area contributed by atoms with Crippen molar-refractivity contribution in [3.8, 4) is 0 Å². The lowest BCUT2D eigenvalue weighted by atomic mass is 10.0. The third-order valence-corrected chi connectivity index (χ3v) is 1.61. The molecule has 70 valence electrons. The zero-order chi connectivity index (χ0) is 9.72. The van der Waals surface area contributed by atoms with Crippen LogP contribution in [0, 0.1) is 5.92 Å². The lowest BCUT2D eigenvalue weighted by molar-refractivity contribution is -0.117. The predicted molar refractivity (Wildman–Crippen MR) is 49.2 cm³/mol. The van der Waals surface area contributed by atoms with Crippen LogP contribution >= 0.6 is 0 Å². The van der Waals surface area contributed by atoms with Gasteiger partial charge in [0.15, 0.2) is 0 Å². The molecule has 0 aromatic carbocycles. The van der Waals surface area contributed by atoms with Gasteiger partial charge in [-0.2, -0.15) is 0 Å². The van der Waals surface area contributed by atoms with E-state index < -0.39 is 5.91 Å². The van der Waals surface area contributed by atoms with Gasteiger partial charge in [-0.05, 0) is 5.92 Å². The highest BCUT2D eigenvalue weighted by Crippen LogP contribution is 2.04. The second kappa shape index (κ2) is 4.77. The average Bonchev–Trinajstić information content (AvgIpc) is 1.98. The maximum Gasteiger partial charge on any atom is 0.236 e. The summed E-state index contributed by atoms with van der Waals surface area (Å²) >= 11 is 0. The first kappa shape index (κ1) is 11.0. The smallest absolute Gasteiger partial charge is 0.236 e. The lowest BCUT2D eigenvalue weighted by Gasteiger charge is -2.19. The summed E-state index contributed by atoms with van der Waals surface area (Å²) in [6.45, 7) is 7.78. The molecular weight excluding hydrogens is 154 g/mol. The van der Waals surface area contributed by atoms with Crippen molar-refractivity contribution in [2.45, 2.75) is 19.9 Å². The maximum absolute atomic E-state index is 10.4. The van der Waals surface area contributed by atoms with Gasteiger partial charge in [-0.15, -0.1) is 0 Å². The summed E-state index contributed by atoms with van der Waals surface area (Å²) in [6, 6.07) is -0.135. The van der Waals surface area contributed by atoms with Crippen LogP contribution in [0.1, 0.15) is 13.8 Å². The number of carbonyl (C=O) groups excluding carboxylic acids is 1. The Hall–Kier alpha value is -1.03. The van der Waals surface area contributed by atoms with Gasteiger partial charge in [-0.3, -0.25) is 4.79 Å². The summed E-state index contributed by atoms with van der Waals surface area (Å²) in [6.07, 6.45) is 0. The Bertz CT molecular complexity index is 177. The third-order valence-electron chi connectivity index (χ3n) is 1.61. The predicted octanol–water partition coefficient (Wildman–Crippen LogP) is -0.442. The van der Waals surface area contributed by atoms with Crippen molar-refractivity contribution >= 4 is 5.91 Å². The van der Waals surface area contributed by atoms with Crippen molar-refractivity contribution in [1.29, 1.82) is 0 Å². The molecule has 0 rings (SSSR count). The molecule has 0 fully saturated rings. The molecule has 0 saturated carbocycles. The van der Waals surface area contributed by atoms with Crippen molar-refractivity contribution in [2.24, 2.45) is 17.4 Å². The normalized spacial score (nSPS) is 12.7. The van der Waals surface area contributed by atoms with Gasteiger partial charge >= 0.3 is 0 Å². The molecule has 12 heavy (non-hydrogen) atoms. The summed E-state index contributed by atoms with van der Waals surface area (Å²) in [5.41, 5.74) is 11.3. The zero-order valence-electron chi connectivity index (χ0n) is 7.63. The standard InChI is InChI=1S/C8H17N3O/c1-5(2)8(10)6(3)11-4-7(9)12/h5,8,11H,3-4,10H2,1-2H3,(H2,9,12)/t8-/m0/s1. The number of rotatable bonds is 5. The van der Waals surface area contributed by atoms with Crippen LogP contribution in [-0.4, -0.2) is 18.5 Å². The molecule has 0 aliphatic carbocycles. The average molecular weight is 171 g/mol. The van der Waals surface area contributed by atoms with Crippen LogP contribution in [0.15, 0.2) is 12.3 Å². The number of nitrogens with two attached hydrogens (primary N) is 2. The van der Waals surface area contributed by atoms with E-state index in [2.05, 4.69) is 11.9 Å². The molecule has 4 heteroatoms. The highest BCUT2D eigenvalue weighted by atomic mass is 16.1. The summed E-state index contributed by atoms with van der Waals surface area (Å²) in [5.74, 6) is -0.106. The van der Waals surface area contributed by atoms with Gasteiger partial charge in [-0.25, -0.2) is 0 Å². The number of hydrogen-bond donors (Lipinski definition) is 3. The van der Waals surface area contributed by atoms with E-state index in [0.29, 0.717) is 11.6 Å². The number of carbonyl (C=O) groups is 1. The van der Waals surface area contributed by atoms with Crippen LogP contribution in [0.3, 0.4) is 0 Å². The lowest BCUT2D eigenvalue weighted by Crippen LogP contribution is -2.38. The molecular formula is C8H17N3O. The van der Waals surface area contributed by atoms with Crippen molar-refractivity contribution in [2.75, 3.05) is 6.54 Å². The van der Waals surface area contributed by atoms with E-state index in [4.69, 9.17) is 11.5 Å². The molecule has 0 saturated heterocycles. The Morgan fingerprint density at radius 1 is 1.58 bits per heavy atom. The molecule has 5 N–H and O–H groups in total. The fourth-order valence-electron chi connectivity index (χ4n) is 0.721. The Morgan fingerprint density at radius 3 is 2.42 bits per heavy atom. The maximum atomic E-state index is 10.4. The van der Waals surface area contributed by atoms with Gasteiger partial charge in [0.05, 0.1) is 6.54 Å². The topological polar surface area (TPSA) is 81.1 Å². The molecule has 0 heterocycles. The van der Waals surface area contributed by atoms with E-state index in [0.717, 1.165) is 0 Å². The Labute approximate surface area is 73.0 Å². The van der Waals surface area contributed by atoms with Crippen LogP contribution < -0.4 is 16.8 Å². The van der Waals surface area contributed by atoms with Crippen LogP contribution in [0.25, 0.3) is 0 Å². The second-order valence-corrected chi connectivity index (χ2v) is 3.11. The minimum absolute atomic E-state index is 0.0965. The Kier molecular flexibility index (Phi) is 4.36. The molecule has 0 spiro atoms. The SMILES string of the molecule is C=C(NCC(N)=O)[C@@H](N)C(C)C. The fraction of sp³-hybridized carbons (Fsp3) is 0.625. The molecule has 0 unspecified atom stereocenters. The van der Waals surface area contributed by atoms with Crippen molar-refractivity contribution in [1.82, 2.24) is 5.32 Å². The number of amides is 1. The quantitative estimate of drug-likeness (QED) is 0.524. The van der Waals surface area contributed by atoms with Gasteiger partial charge < -0.3 is 16.8 Å².